The zero-order valence-electron chi connectivity index (χ0n) is 7.73. The van der Waals surface area contributed by atoms with Crippen molar-refractivity contribution in [3.05, 3.63) is 24.6 Å². The number of nitrogens with one attached hydrogen (secondary N) is 1. The van der Waals surface area contributed by atoms with Crippen LogP contribution in [-0.2, 0) is 15.5 Å². The van der Waals surface area contributed by atoms with Gasteiger partial charge in [0.1, 0.15) is 10.7 Å². The van der Waals surface area contributed by atoms with Crippen molar-refractivity contribution in [1.82, 2.24) is 5.32 Å². The fraction of sp³-hybridized carbons (Fsp3) is 0.375. The maximum atomic E-state index is 11.0. The topological polar surface area (TPSA) is 89.3 Å². The Bertz CT molecular complexity index is 300. The monoisotopic (exact) mass is 218 g/mol. The Balaban J connectivity index is 3.61. The summed E-state index contributed by atoms with van der Waals surface area (Å²) in [5.41, 5.74) is 5.55. The molecule has 0 bridgehead atoms. The molecule has 0 heterocycles. The van der Waals surface area contributed by atoms with E-state index in [0.29, 0.717) is 12.1 Å². The summed E-state index contributed by atoms with van der Waals surface area (Å²) in [5.74, 6) is -0.199. The first kappa shape index (κ1) is 12.7. The second-order valence-electron chi connectivity index (χ2n) is 2.64. The van der Waals surface area contributed by atoms with Gasteiger partial charge in [-0.15, -0.1) is 0 Å². The molecule has 0 atom stereocenters. The minimum absolute atomic E-state index is 0.0378. The summed E-state index contributed by atoms with van der Waals surface area (Å²) in [6, 6.07) is 0. The molecule has 0 fully saturated rings. The third kappa shape index (κ3) is 8.79. The van der Waals surface area contributed by atoms with E-state index in [9.17, 15) is 13.2 Å². The molecule has 0 saturated carbocycles. The van der Waals surface area contributed by atoms with Crippen LogP contribution >= 0.6 is 0 Å². The van der Waals surface area contributed by atoms with Gasteiger partial charge in [0.25, 0.3) is 0 Å². The maximum absolute atomic E-state index is 11.0. The molecule has 0 aromatic heterocycles. The molecule has 0 spiro atoms. The lowest BCUT2D eigenvalue weighted by molar-refractivity contribution is -0.120. The number of carbonyl (C=O) groups excluding carboxylic acids is 1. The maximum Gasteiger partial charge on any atom is 0.223 e. The molecule has 1 amide bonds. The van der Waals surface area contributed by atoms with E-state index < -0.39 is 10.7 Å². The zero-order chi connectivity index (χ0) is 11.0. The highest BCUT2D eigenvalue weighted by atomic mass is 32.2. The van der Waals surface area contributed by atoms with Gasteiger partial charge < -0.3 is 11.1 Å². The van der Waals surface area contributed by atoms with Crippen LogP contribution in [0.2, 0.25) is 0 Å². The van der Waals surface area contributed by atoms with E-state index in [0.717, 1.165) is 0 Å². The lowest BCUT2D eigenvalue weighted by Gasteiger charge is -1.97. The Hall–Kier alpha value is -1.30. The Morgan fingerprint density at radius 2 is 2.14 bits per heavy atom. The molecule has 5 nitrogen and oxygen atoms in total. The van der Waals surface area contributed by atoms with E-state index in [1.165, 1.54) is 12.3 Å². The number of nitrogens with two attached hydrogens (primary N) is 1. The average Bonchev–Trinajstić information content (AvgIpc) is 2.02. The SMILES string of the molecule is C=C(N)/C=C/NC(=O)CCC[SH](=O)=O. The summed E-state index contributed by atoms with van der Waals surface area (Å²) in [4.78, 5) is 11.0. The highest BCUT2D eigenvalue weighted by Gasteiger charge is 1.98. The van der Waals surface area contributed by atoms with Crippen LogP contribution in [0, 0.1) is 0 Å². The van der Waals surface area contributed by atoms with Crippen LogP contribution in [0.1, 0.15) is 12.8 Å². The third-order valence-electron chi connectivity index (χ3n) is 1.29. The van der Waals surface area contributed by atoms with E-state index in [-0.39, 0.29) is 18.1 Å². The molecule has 0 unspecified atom stereocenters. The normalized spacial score (nSPS) is 10.6. The summed E-state index contributed by atoms with van der Waals surface area (Å²) in [5, 5.41) is 2.43. The second-order valence-corrected chi connectivity index (χ2v) is 3.75. The average molecular weight is 218 g/mol. The van der Waals surface area contributed by atoms with Crippen LogP contribution in [-0.4, -0.2) is 20.1 Å². The number of hydrogen-bond acceptors (Lipinski definition) is 4. The lowest BCUT2D eigenvalue weighted by atomic mass is 10.3. The molecule has 0 radical (unpaired) electrons. The quantitative estimate of drug-likeness (QED) is 0.413. The highest BCUT2D eigenvalue weighted by molar-refractivity contribution is 7.72. The van der Waals surface area contributed by atoms with E-state index in [4.69, 9.17) is 5.73 Å². The third-order valence-corrected chi connectivity index (χ3v) is 1.97. The Morgan fingerprint density at radius 1 is 1.50 bits per heavy atom. The van der Waals surface area contributed by atoms with Gasteiger partial charge in [0.15, 0.2) is 0 Å². The largest absolute Gasteiger partial charge is 0.399 e. The first-order chi connectivity index (χ1) is 6.52. The van der Waals surface area contributed by atoms with Crippen molar-refractivity contribution in [2.45, 2.75) is 12.8 Å². The second kappa shape index (κ2) is 7.14. The summed E-state index contributed by atoms with van der Waals surface area (Å²) in [7, 11) is -2.39. The zero-order valence-corrected chi connectivity index (χ0v) is 8.63. The van der Waals surface area contributed by atoms with Crippen molar-refractivity contribution in [3.63, 3.8) is 0 Å². The summed E-state index contributed by atoms with van der Waals surface area (Å²) in [6.07, 6.45) is 3.35. The van der Waals surface area contributed by atoms with E-state index in [1.807, 2.05) is 0 Å². The minimum Gasteiger partial charge on any atom is -0.399 e. The van der Waals surface area contributed by atoms with Gasteiger partial charge in [0, 0.05) is 24.1 Å². The van der Waals surface area contributed by atoms with Crippen molar-refractivity contribution in [2.75, 3.05) is 5.75 Å². The Morgan fingerprint density at radius 3 is 2.64 bits per heavy atom. The molecule has 0 saturated heterocycles. The van der Waals surface area contributed by atoms with Crippen molar-refractivity contribution < 1.29 is 13.2 Å². The van der Waals surface area contributed by atoms with E-state index in [2.05, 4.69) is 11.9 Å². The smallest absolute Gasteiger partial charge is 0.223 e. The van der Waals surface area contributed by atoms with Gasteiger partial charge in [-0.2, -0.15) is 0 Å². The Labute approximate surface area is 84.6 Å². The van der Waals surface area contributed by atoms with Gasteiger partial charge in [0.05, 0.1) is 0 Å². The van der Waals surface area contributed by atoms with Gasteiger partial charge in [-0.1, -0.05) is 6.58 Å². The van der Waals surface area contributed by atoms with E-state index >= 15 is 0 Å². The lowest BCUT2D eigenvalue weighted by Crippen LogP contribution is -2.17. The standard InChI is InChI=1S/C8H14N2O3S/c1-7(9)4-5-10-8(11)3-2-6-14(12)13/h4-5,14H,1-3,6,9H2,(H,10,11)/b5-4+. The molecular weight excluding hydrogens is 204 g/mol. The van der Waals surface area contributed by atoms with Crippen molar-refractivity contribution in [1.29, 1.82) is 0 Å². The summed E-state index contributed by atoms with van der Waals surface area (Å²) >= 11 is 0. The predicted octanol–water partition coefficient (Wildman–Crippen LogP) is -0.520. The minimum atomic E-state index is -2.39. The first-order valence-electron chi connectivity index (χ1n) is 4.04. The molecule has 0 aliphatic rings. The summed E-state index contributed by atoms with van der Waals surface area (Å²) in [6.45, 7) is 3.40. The molecular formula is C8H14N2O3S. The van der Waals surface area contributed by atoms with Crippen molar-refractivity contribution in [2.24, 2.45) is 5.73 Å². The fourth-order valence-corrected chi connectivity index (χ4v) is 1.10. The van der Waals surface area contributed by atoms with Crippen LogP contribution in [0.4, 0.5) is 0 Å². The number of hydrogen-bond donors (Lipinski definition) is 3. The van der Waals surface area contributed by atoms with Gasteiger partial charge in [-0.25, -0.2) is 8.42 Å². The van der Waals surface area contributed by atoms with Crippen LogP contribution in [0.25, 0.3) is 0 Å². The van der Waals surface area contributed by atoms with Crippen LogP contribution in [0.5, 0.6) is 0 Å². The van der Waals surface area contributed by atoms with Crippen LogP contribution in [0.15, 0.2) is 24.6 Å². The number of rotatable bonds is 6. The molecule has 0 aromatic carbocycles. The van der Waals surface area contributed by atoms with Crippen LogP contribution in [0.3, 0.4) is 0 Å². The molecule has 14 heavy (non-hydrogen) atoms. The first-order valence-corrected chi connectivity index (χ1v) is 5.40. The van der Waals surface area contributed by atoms with Gasteiger partial charge in [-0.05, 0) is 12.5 Å². The number of allylic oxidation sites excluding steroid dienone is 1. The van der Waals surface area contributed by atoms with Gasteiger partial charge in [-0.3, -0.25) is 4.79 Å². The molecule has 6 heteroatoms. The number of carbonyl (C=O) groups is 1. The van der Waals surface area contributed by atoms with Crippen LogP contribution < -0.4 is 11.1 Å². The van der Waals surface area contributed by atoms with Crippen molar-refractivity contribution >= 4 is 16.6 Å². The Kier molecular flexibility index (Phi) is 6.47. The molecule has 0 aliphatic heterocycles. The molecule has 0 aliphatic carbocycles. The highest BCUT2D eigenvalue weighted by Crippen LogP contribution is 1.89. The van der Waals surface area contributed by atoms with E-state index in [1.54, 1.807) is 0 Å². The van der Waals surface area contributed by atoms with Crippen molar-refractivity contribution in [3.8, 4) is 0 Å². The van der Waals surface area contributed by atoms with Gasteiger partial charge >= 0.3 is 0 Å². The fourth-order valence-electron chi connectivity index (χ4n) is 0.683. The summed E-state index contributed by atoms with van der Waals surface area (Å²) < 4.78 is 20.3. The number of thiol groups is 1. The number of amides is 1. The van der Waals surface area contributed by atoms with Gasteiger partial charge in [0.2, 0.25) is 5.91 Å². The molecule has 80 valence electrons. The predicted molar refractivity (Wildman–Crippen MR) is 55.0 cm³/mol. The molecule has 3 N–H and O–H groups in total. The molecule has 0 aromatic rings. The molecule has 0 rings (SSSR count).